The molecule has 0 aliphatic heterocycles. The normalized spacial score (nSPS) is 13.3. The summed E-state index contributed by atoms with van der Waals surface area (Å²) in [7, 11) is 5.53. The van der Waals surface area contributed by atoms with E-state index < -0.39 is 18.1 Å². The number of hydrogen-bond donors (Lipinski definition) is 1. The zero-order valence-corrected chi connectivity index (χ0v) is 39.0. The van der Waals surface area contributed by atoms with Crippen molar-refractivity contribution >= 4 is 17.9 Å². The highest BCUT2D eigenvalue weighted by Gasteiger charge is 2.31. The topological polar surface area (TPSA) is 99.1 Å². The summed E-state index contributed by atoms with van der Waals surface area (Å²) in [4.78, 5) is 37.1. The van der Waals surface area contributed by atoms with Crippen molar-refractivity contribution in [1.29, 1.82) is 0 Å². The van der Waals surface area contributed by atoms with Gasteiger partial charge in [-0.1, -0.05) is 184 Å². The third kappa shape index (κ3) is 40.5. The first-order valence-electron chi connectivity index (χ1n) is 24.2. The number of carboxylic acid groups (broad SMARTS) is 1. The molecule has 8 nitrogen and oxygen atoms in total. The molecule has 1 N–H and O–H groups in total. The fraction of sp³-hybridized carbons (Fsp3) is 0.784. The number of ether oxygens (including phenoxy) is 3. The molecule has 0 aromatic carbocycles. The molecular formula is C51H92NO7+. The molecule has 0 heterocycles. The van der Waals surface area contributed by atoms with Gasteiger partial charge in [-0.25, -0.2) is 4.79 Å². The number of unbranched alkanes of at least 4 members (excludes halogenated alkanes) is 21. The van der Waals surface area contributed by atoms with E-state index in [0.29, 0.717) is 19.3 Å². The predicted molar refractivity (Wildman–Crippen MR) is 248 cm³/mol. The van der Waals surface area contributed by atoms with E-state index in [4.69, 9.17) is 14.2 Å². The first kappa shape index (κ1) is 56.3. The standard InChI is InChI=1S/C51H91NO7/c1-6-8-10-12-14-16-18-20-21-22-23-24-25-26-27-28-30-32-34-36-38-40-42-50(54)59-47(45-57-44-43-48(51(55)56)52(3,4)5)46-58-49(53)41-39-37-35-33-31-29-19-17-15-13-11-9-7-2/h8,10,14,16,20-21,23-24,47-48H,6-7,9,11-13,15,17-19,22,25-46H2,1-5H3/p+1/b10-8+,16-14+,21-20+,24-23+. The summed E-state index contributed by atoms with van der Waals surface area (Å²) in [6, 6.07) is -0.615. The fourth-order valence-corrected chi connectivity index (χ4v) is 7.02. The Hall–Kier alpha value is -2.71. The van der Waals surface area contributed by atoms with Crippen molar-refractivity contribution in [3.63, 3.8) is 0 Å². The Kier molecular flexibility index (Phi) is 40.1. The summed E-state index contributed by atoms with van der Waals surface area (Å²) < 4.78 is 17.3. The lowest BCUT2D eigenvalue weighted by atomic mass is 10.0. The highest BCUT2D eigenvalue weighted by Crippen LogP contribution is 2.15. The van der Waals surface area contributed by atoms with Gasteiger partial charge in [-0.15, -0.1) is 0 Å². The highest BCUT2D eigenvalue weighted by molar-refractivity contribution is 5.72. The van der Waals surface area contributed by atoms with Crippen LogP contribution in [0, 0.1) is 0 Å². The van der Waals surface area contributed by atoms with E-state index in [9.17, 15) is 19.5 Å². The molecule has 0 aliphatic rings. The van der Waals surface area contributed by atoms with Crippen LogP contribution < -0.4 is 0 Å². The zero-order chi connectivity index (χ0) is 43.5. The summed E-state index contributed by atoms with van der Waals surface area (Å²) in [5.41, 5.74) is 0. The number of likely N-dealkylation sites (N-methyl/N-ethyl adjacent to an activating group) is 1. The van der Waals surface area contributed by atoms with Crippen molar-refractivity contribution in [2.45, 2.75) is 219 Å². The van der Waals surface area contributed by atoms with E-state index in [2.05, 4.69) is 62.5 Å². The van der Waals surface area contributed by atoms with Crippen LogP contribution >= 0.6 is 0 Å². The number of aliphatic carboxylic acids is 1. The van der Waals surface area contributed by atoms with Gasteiger partial charge in [-0.2, -0.15) is 0 Å². The molecule has 0 aromatic heterocycles. The number of esters is 2. The maximum absolute atomic E-state index is 12.8. The summed E-state index contributed by atoms with van der Waals surface area (Å²) in [5.74, 6) is -1.47. The first-order valence-corrected chi connectivity index (χ1v) is 24.2. The van der Waals surface area contributed by atoms with E-state index in [-0.39, 0.29) is 36.2 Å². The molecule has 2 unspecified atom stereocenters. The SMILES string of the molecule is CC/C=C/C/C=C/C/C=C/C/C=C/CCCCCCCCCCCC(=O)OC(COCCC(C(=O)O)[N+](C)(C)C)COC(=O)CCCCCCCCCCCCCCC. The fourth-order valence-electron chi connectivity index (χ4n) is 7.02. The second kappa shape index (κ2) is 42.0. The number of nitrogens with zero attached hydrogens (tertiary/aromatic N) is 1. The average molecular weight is 831 g/mol. The molecule has 2 atom stereocenters. The van der Waals surface area contributed by atoms with Gasteiger partial charge in [0.15, 0.2) is 12.1 Å². The lowest BCUT2D eigenvalue weighted by Gasteiger charge is -2.31. The Balaban J connectivity index is 4.26. The van der Waals surface area contributed by atoms with Gasteiger partial charge in [0.25, 0.3) is 0 Å². The maximum Gasteiger partial charge on any atom is 0.362 e. The van der Waals surface area contributed by atoms with Crippen molar-refractivity contribution in [2.24, 2.45) is 0 Å². The third-order valence-corrected chi connectivity index (χ3v) is 10.7. The van der Waals surface area contributed by atoms with Crippen LogP contribution in [-0.4, -0.2) is 80.6 Å². The van der Waals surface area contributed by atoms with Gasteiger partial charge in [0.05, 0.1) is 34.4 Å². The van der Waals surface area contributed by atoms with E-state index in [1.54, 1.807) is 0 Å². The molecule has 0 aromatic rings. The summed E-state index contributed by atoms with van der Waals surface area (Å²) in [5, 5.41) is 9.63. The van der Waals surface area contributed by atoms with Gasteiger partial charge in [0.2, 0.25) is 0 Å². The van der Waals surface area contributed by atoms with Crippen molar-refractivity contribution in [1.82, 2.24) is 0 Å². The minimum Gasteiger partial charge on any atom is -0.477 e. The van der Waals surface area contributed by atoms with E-state index in [1.807, 2.05) is 21.1 Å². The van der Waals surface area contributed by atoms with Crippen molar-refractivity contribution in [3.05, 3.63) is 48.6 Å². The highest BCUT2D eigenvalue weighted by atomic mass is 16.6. The van der Waals surface area contributed by atoms with E-state index >= 15 is 0 Å². The molecule has 59 heavy (non-hydrogen) atoms. The Morgan fingerprint density at radius 3 is 1.41 bits per heavy atom. The minimum absolute atomic E-state index is 0.0514. The number of rotatable bonds is 43. The van der Waals surface area contributed by atoms with E-state index in [1.165, 1.54) is 103 Å². The lowest BCUT2D eigenvalue weighted by molar-refractivity contribution is -0.887. The molecule has 0 amide bonds. The first-order chi connectivity index (χ1) is 28.6. The monoisotopic (exact) mass is 831 g/mol. The van der Waals surface area contributed by atoms with E-state index in [0.717, 1.165) is 70.6 Å². The molecule has 0 saturated heterocycles. The van der Waals surface area contributed by atoms with Gasteiger partial charge in [-0.05, 0) is 51.4 Å². The summed E-state index contributed by atoms with van der Waals surface area (Å²) in [6.07, 6.45) is 50.1. The van der Waals surface area contributed by atoms with Crippen molar-refractivity contribution in [3.8, 4) is 0 Å². The molecule has 342 valence electrons. The van der Waals surface area contributed by atoms with Crippen LogP contribution in [0.5, 0.6) is 0 Å². The van der Waals surface area contributed by atoms with Crippen LogP contribution in [0.4, 0.5) is 0 Å². The molecule has 0 aliphatic carbocycles. The number of allylic oxidation sites excluding steroid dienone is 8. The number of carbonyl (C=O) groups excluding carboxylic acids is 2. The Morgan fingerprint density at radius 2 is 0.949 bits per heavy atom. The molecular weight excluding hydrogens is 739 g/mol. The van der Waals surface area contributed by atoms with Crippen LogP contribution in [-0.2, 0) is 28.6 Å². The van der Waals surface area contributed by atoms with Gasteiger partial charge in [0.1, 0.15) is 6.61 Å². The largest absolute Gasteiger partial charge is 0.477 e. The van der Waals surface area contributed by atoms with Crippen LogP contribution in [0.1, 0.15) is 206 Å². The zero-order valence-electron chi connectivity index (χ0n) is 39.0. The molecule has 0 bridgehead atoms. The number of carboxylic acids is 1. The van der Waals surface area contributed by atoms with Crippen LogP contribution in [0.2, 0.25) is 0 Å². The van der Waals surface area contributed by atoms with Gasteiger partial charge in [0, 0.05) is 19.3 Å². The van der Waals surface area contributed by atoms with Gasteiger partial charge < -0.3 is 23.8 Å². The minimum atomic E-state index is -0.875. The quantitative estimate of drug-likeness (QED) is 0.0283. The van der Waals surface area contributed by atoms with Crippen LogP contribution in [0.25, 0.3) is 0 Å². The Morgan fingerprint density at radius 1 is 0.525 bits per heavy atom. The van der Waals surface area contributed by atoms with Gasteiger partial charge >= 0.3 is 17.9 Å². The molecule has 0 fully saturated rings. The van der Waals surface area contributed by atoms with Crippen molar-refractivity contribution in [2.75, 3.05) is 41.0 Å². The van der Waals surface area contributed by atoms with Crippen LogP contribution in [0.15, 0.2) is 48.6 Å². The second-order valence-corrected chi connectivity index (χ2v) is 17.3. The predicted octanol–water partition coefficient (Wildman–Crippen LogP) is 13.6. The van der Waals surface area contributed by atoms with Crippen molar-refractivity contribution < 1.29 is 38.2 Å². The molecule has 0 saturated carbocycles. The number of quaternary nitrogens is 1. The summed E-state index contributed by atoms with van der Waals surface area (Å²) >= 11 is 0. The third-order valence-electron chi connectivity index (χ3n) is 10.7. The molecule has 0 spiro atoms. The average Bonchev–Trinajstić information content (AvgIpc) is 3.19. The van der Waals surface area contributed by atoms with Gasteiger partial charge in [-0.3, -0.25) is 9.59 Å². The van der Waals surface area contributed by atoms with Crippen LogP contribution in [0.3, 0.4) is 0 Å². The smallest absolute Gasteiger partial charge is 0.362 e. The lowest BCUT2D eigenvalue weighted by Crippen LogP contribution is -2.50. The second-order valence-electron chi connectivity index (χ2n) is 17.3. The Labute approximate surface area is 363 Å². The maximum atomic E-state index is 12.8. The number of carbonyl (C=O) groups is 3. The number of hydrogen-bond acceptors (Lipinski definition) is 6. The molecule has 0 rings (SSSR count). The molecule has 0 radical (unpaired) electrons. The molecule has 8 heteroatoms. The Bertz CT molecular complexity index is 1110. The summed E-state index contributed by atoms with van der Waals surface area (Å²) in [6.45, 7) is 4.63.